The second-order valence-corrected chi connectivity index (χ2v) is 5.12. The molecule has 20 heavy (non-hydrogen) atoms. The number of Topliss-reactive ketones (excluding diaryl/α,β-unsaturated/α-hetero) is 1. The number of ketones is 1. The van der Waals surface area contributed by atoms with Gasteiger partial charge >= 0.3 is 6.03 Å². The minimum absolute atomic E-state index is 0.0111. The van der Waals surface area contributed by atoms with Crippen LogP contribution in [0.5, 0.6) is 0 Å². The van der Waals surface area contributed by atoms with Gasteiger partial charge in [0, 0.05) is 17.8 Å². The molecule has 1 unspecified atom stereocenters. The van der Waals surface area contributed by atoms with E-state index in [1.807, 2.05) is 0 Å². The fraction of sp³-hybridized carbons (Fsp3) is 0.375. The van der Waals surface area contributed by atoms with E-state index in [1.165, 1.54) is 6.92 Å². The van der Waals surface area contributed by atoms with Gasteiger partial charge in [-0.05, 0) is 44.2 Å². The monoisotopic (exact) mass is 272 g/mol. The first kappa shape index (κ1) is 14.3. The van der Waals surface area contributed by atoms with Crippen LogP contribution in [0.25, 0.3) is 0 Å². The highest BCUT2D eigenvalue weighted by atomic mass is 16.2. The van der Waals surface area contributed by atoms with Crippen molar-refractivity contribution < 1.29 is 9.59 Å². The second-order valence-electron chi connectivity index (χ2n) is 5.12. The Labute approximate surface area is 119 Å². The Morgan fingerprint density at radius 2 is 2.15 bits per heavy atom. The topological polar surface area (TPSA) is 58.2 Å². The number of amides is 2. The van der Waals surface area contributed by atoms with Crippen molar-refractivity contribution in [1.29, 1.82) is 0 Å². The number of benzene rings is 1. The lowest BCUT2D eigenvalue weighted by molar-refractivity contribution is 0.101. The maximum Gasteiger partial charge on any atom is 0.319 e. The molecular weight excluding hydrogens is 252 g/mol. The molecule has 0 saturated carbocycles. The van der Waals surface area contributed by atoms with Crippen LogP contribution >= 0.6 is 0 Å². The minimum Gasteiger partial charge on any atom is -0.338 e. The summed E-state index contributed by atoms with van der Waals surface area (Å²) in [7, 11) is 0. The summed E-state index contributed by atoms with van der Waals surface area (Å²) in [5.74, 6) is 0.511. The van der Waals surface area contributed by atoms with Gasteiger partial charge in [0.15, 0.2) is 5.78 Å². The Bertz CT molecular complexity index is 523. The minimum atomic E-state index is -0.222. The average Bonchev–Trinajstić information content (AvgIpc) is 2.46. The Morgan fingerprint density at radius 1 is 1.30 bits per heavy atom. The zero-order chi connectivity index (χ0) is 14.4. The first-order chi connectivity index (χ1) is 9.65. The molecule has 2 N–H and O–H groups in total. The summed E-state index contributed by atoms with van der Waals surface area (Å²) in [6.07, 6.45) is 7.60. The molecular formula is C16H20N2O2. The summed E-state index contributed by atoms with van der Waals surface area (Å²) in [5.41, 5.74) is 1.24. The van der Waals surface area contributed by atoms with Crippen molar-refractivity contribution in [1.82, 2.24) is 5.32 Å². The summed E-state index contributed by atoms with van der Waals surface area (Å²) in [5, 5.41) is 5.64. The Kier molecular flexibility index (Phi) is 4.93. The zero-order valence-corrected chi connectivity index (χ0v) is 11.7. The van der Waals surface area contributed by atoms with Crippen molar-refractivity contribution in [2.24, 2.45) is 5.92 Å². The summed E-state index contributed by atoms with van der Waals surface area (Å²) in [6, 6.07) is 6.74. The number of hydrogen-bond acceptors (Lipinski definition) is 2. The van der Waals surface area contributed by atoms with Crippen LogP contribution in [-0.4, -0.2) is 18.4 Å². The van der Waals surface area contributed by atoms with Crippen LogP contribution in [0, 0.1) is 5.92 Å². The van der Waals surface area contributed by atoms with Crippen molar-refractivity contribution in [3.05, 3.63) is 42.0 Å². The standard InChI is InChI=1S/C16H20N2O2/c1-12(19)14-8-5-9-15(10-14)18-16(20)17-11-13-6-3-2-4-7-13/h2-3,5,8-10,13H,4,6-7,11H2,1H3,(H2,17,18,20). The van der Waals surface area contributed by atoms with E-state index in [-0.39, 0.29) is 11.8 Å². The maximum atomic E-state index is 11.8. The van der Waals surface area contributed by atoms with Crippen molar-refractivity contribution >= 4 is 17.5 Å². The first-order valence-corrected chi connectivity index (χ1v) is 6.96. The number of carbonyl (C=O) groups excluding carboxylic acids is 2. The predicted molar refractivity (Wildman–Crippen MR) is 79.9 cm³/mol. The van der Waals surface area contributed by atoms with Crippen LogP contribution in [0.3, 0.4) is 0 Å². The molecule has 2 amide bonds. The lowest BCUT2D eigenvalue weighted by atomic mass is 9.94. The van der Waals surface area contributed by atoms with Gasteiger partial charge in [0.05, 0.1) is 0 Å². The number of rotatable bonds is 4. The number of carbonyl (C=O) groups is 2. The average molecular weight is 272 g/mol. The Balaban J connectivity index is 1.83. The van der Waals surface area contributed by atoms with Crippen LogP contribution < -0.4 is 10.6 Å². The molecule has 0 saturated heterocycles. The molecule has 1 aliphatic rings. The fourth-order valence-corrected chi connectivity index (χ4v) is 2.27. The quantitative estimate of drug-likeness (QED) is 0.652. The highest BCUT2D eigenvalue weighted by Crippen LogP contribution is 2.17. The van der Waals surface area contributed by atoms with Crippen molar-refractivity contribution in [3.63, 3.8) is 0 Å². The molecule has 0 aliphatic heterocycles. The molecule has 0 heterocycles. The summed E-state index contributed by atoms with van der Waals surface area (Å²) < 4.78 is 0. The van der Waals surface area contributed by atoms with Gasteiger partial charge in [-0.2, -0.15) is 0 Å². The van der Waals surface area contributed by atoms with Gasteiger partial charge < -0.3 is 10.6 Å². The smallest absolute Gasteiger partial charge is 0.319 e. The van der Waals surface area contributed by atoms with E-state index < -0.39 is 0 Å². The van der Waals surface area contributed by atoms with Crippen LogP contribution in [0.1, 0.15) is 36.5 Å². The second kappa shape index (κ2) is 6.89. The third kappa shape index (κ3) is 4.23. The third-order valence-electron chi connectivity index (χ3n) is 3.46. The molecule has 1 aliphatic carbocycles. The number of anilines is 1. The lowest BCUT2D eigenvalue weighted by Gasteiger charge is -2.18. The van der Waals surface area contributed by atoms with Crippen LogP contribution in [0.2, 0.25) is 0 Å². The highest BCUT2D eigenvalue weighted by molar-refractivity contribution is 5.96. The van der Waals surface area contributed by atoms with E-state index in [1.54, 1.807) is 24.3 Å². The molecule has 4 heteroatoms. The van der Waals surface area contributed by atoms with Crippen molar-refractivity contribution in [2.75, 3.05) is 11.9 Å². The normalized spacial score (nSPS) is 17.6. The number of hydrogen-bond donors (Lipinski definition) is 2. The van der Waals surface area contributed by atoms with Gasteiger partial charge in [-0.15, -0.1) is 0 Å². The largest absolute Gasteiger partial charge is 0.338 e. The van der Waals surface area contributed by atoms with Crippen molar-refractivity contribution in [3.8, 4) is 0 Å². The van der Waals surface area contributed by atoms with E-state index in [9.17, 15) is 9.59 Å². The molecule has 0 bridgehead atoms. The Morgan fingerprint density at radius 3 is 2.85 bits per heavy atom. The van der Waals surface area contributed by atoms with Gasteiger partial charge in [0.25, 0.3) is 0 Å². The molecule has 0 aromatic heterocycles. The highest BCUT2D eigenvalue weighted by Gasteiger charge is 2.11. The van der Waals surface area contributed by atoms with Gasteiger partial charge in [-0.3, -0.25) is 4.79 Å². The zero-order valence-electron chi connectivity index (χ0n) is 11.7. The molecule has 4 nitrogen and oxygen atoms in total. The summed E-state index contributed by atoms with van der Waals surface area (Å²) >= 11 is 0. The number of allylic oxidation sites excluding steroid dienone is 2. The predicted octanol–water partition coefficient (Wildman–Crippen LogP) is 3.37. The molecule has 1 aromatic rings. The van der Waals surface area contributed by atoms with Gasteiger partial charge in [0.2, 0.25) is 0 Å². The van der Waals surface area contributed by atoms with E-state index in [0.717, 1.165) is 19.3 Å². The molecule has 1 atom stereocenters. The molecule has 106 valence electrons. The van der Waals surface area contributed by atoms with E-state index in [0.29, 0.717) is 23.7 Å². The summed E-state index contributed by atoms with van der Waals surface area (Å²) in [4.78, 5) is 23.1. The SMILES string of the molecule is CC(=O)c1cccc(NC(=O)NCC2CC=CCC2)c1. The summed E-state index contributed by atoms with van der Waals surface area (Å²) in [6.45, 7) is 2.19. The van der Waals surface area contributed by atoms with Gasteiger partial charge in [-0.1, -0.05) is 24.3 Å². The lowest BCUT2D eigenvalue weighted by Crippen LogP contribution is -2.33. The van der Waals surface area contributed by atoms with Gasteiger partial charge in [-0.25, -0.2) is 4.79 Å². The molecule has 0 spiro atoms. The first-order valence-electron chi connectivity index (χ1n) is 6.96. The van der Waals surface area contributed by atoms with E-state index >= 15 is 0 Å². The van der Waals surface area contributed by atoms with Crippen LogP contribution in [-0.2, 0) is 0 Å². The third-order valence-corrected chi connectivity index (χ3v) is 3.46. The van der Waals surface area contributed by atoms with Gasteiger partial charge in [0.1, 0.15) is 0 Å². The Hall–Kier alpha value is -2.10. The molecule has 0 fully saturated rings. The van der Waals surface area contributed by atoms with Crippen LogP contribution in [0.15, 0.2) is 36.4 Å². The number of nitrogens with one attached hydrogen (secondary N) is 2. The molecule has 2 rings (SSSR count). The maximum absolute atomic E-state index is 11.8. The van der Waals surface area contributed by atoms with E-state index in [4.69, 9.17) is 0 Å². The number of urea groups is 1. The van der Waals surface area contributed by atoms with Crippen molar-refractivity contribution in [2.45, 2.75) is 26.2 Å². The van der Waals surface area contributed by atoms with E-state index in [2.05, 4.69) is 22.8 Å². The molecule has 0 radical (unpaired) electrons. The van der Waals surface area contributed by atoms with Crippen LogP contribution in [0.4, 0.5) is 10.5 Å². The fourth-order valence-electron chi connectivity index (χ4n) is 2.27. The molecule has 1 aromatic carbocycles.